The Bertz CT molecular complexity index is 1070. The first-order valence-electron chi connectivity index (χ1n) is 8.91. The lowest BCUT2D eigenvalue weighted by Crippen LogP contribution is -2.26. The summed E-state index contributed by atoms with van der Waals surface area (Å²) in [6.07, 6.45) is 0. The van der Waals surface area contributed by atoms with Crippen molar-refractivity contribution in [2.75, 3.05) is 11.9 Å². The molecule has 7 heteroatoms. The van der Waals surface area contributed by atoms with Gasteiger partial charge in [0.25, 0.3) is 5.91 Å². The van der Waals surface area contributed by atoms with E-state index in [2.05, 4.69) is 5.32 Å². The van der Waals surface area contributed by atoms with Crippen LogP contribution < -0.4 is 10.4 Å². The van der Waals surface area contributed by atoms with Gasteiger partial charge in [0.1, 0.15) is 10.6 Å². The van der Waals surface area contributed by atoms with E-state index in [1.165, 1.54) is 29.5 Å². The number of hydrogen-bond acceptors (Lipinski definition) is 6. The Labute approximate surface area is 171 Å². The van der Waals surface area contributed by atoms with Crippen LogP contribution in [-0.4, -0.2) is 24.5 Å². The molecular formula is C22H18NO5S-. The number of carboxylic acids is 1. The summed E-state index contributed by atoms with van der Waals surface area (Å²) in [6.45, 7) is 3.73. The zero-order chi connectivity index (χ0) is 21.0. The fourth-order valence-electron chi connectivity index (χ4n) is 3.01. The average molecular weight is 408 g/mol. The number of thiophene rings is 1. The Balaban J connectivity index is 2.07. The molecule has 1 aromatic heterocycles. The lowest BCUT2D eigenvalue weighted by atomic mass is 10.0. The smallest absolute Gasteiger partial charge is 0.341 e. The van der Waals surface area contributed by atoms with Crippen LogP contribution in [0.15, 0.2) is 54.6 Å². The van der Waals surface area contributed by atoms with Crippen molar-refractivity contribution < 1.29 is 24.2 Å². The van der Waals surface area contributed by atoms with Crippen molar-refractivity contribution in [3.8, 4) is 11.1 Å². The van der Waals surface area contributed by atoms with Crippen LogP contribution in [0.2, 0.25) is 0 Å². The molecule has 0 atom stereocenters. The summed E-state index contributed by atoms with van der Waals surface area (Å²) in [4.78, 5) is 37.6. The van der Waals surface area contributed by atoms with E-state index in [0.717, 1.165) is 10.4 Å². The number of amides is 1. The van der Waals surface area contributed by atoms with Crippen molar-refractivity contribution in [3.63, 3.8) is 0 Å². The summed E-state index contributed by atoms with van der Waals surface area (Å²) in [5.41, 5.74) is 1.48. The number of esters is 1. The van der Waals surface area contributed by atoms with Crippen molar-refractivity contribution in [2.24, 2.45) is 0 Å². The molecule has 0 bridgehead atoms. The molecule has 0 saturated carbocycles. The fraction of sp³-hybridized carbons (Fsp3) is 0.136. The maximum Gasteiger partial charge on any atom is 0.341 e. The van der Waals surface area contributed by atoms with E-state index in [0.29, 0.717) is 10.6 Å². The number of carboxylic acid groups (broad SMARTS) is 1. The number of carbonyl (C=O) groups excluding carboxylic acids is 3. The Morgan fingerprint density at radius 3 is 2.24 bits per heavy atom. The molecule has 0 fully saturated rings. The van der Waals surface area contributed by atoms with Gasteiger partial charge in [0, 0.05) is 21.6 Å². The zero-order valence-corrected chi connectivity index (χ0v) is 16.7. The second-order valence-corrected chi connectivity index (χ2v) is 7.34. The van der Waals surface area contributed by atoms with Crippen LogP contribution in [0, 0.1) is 6.92 Å². The molecule has 0 unspecified atom stereocenters. The first-order chi connectivity index (χ1) is 13.9. The normalized spacial score (nSPS) is 10.4. The van der Waals surface area contributed by atoms with Gasteiger partial charge in [0.15, 0.2) is 0 Å². The van der Waals surface area contributed by atoms with Gasteiger partial charge in [-0.25, -0.2) is 4.79 Å². The Morgan fingerprint density at radius 2 is 1.62 bits per heavy atom. The Kier molecular flexibility index (Phi) is 6.09. The van der Waals surface area contributed by atoms with Crippen LogP contribution in [0.1, 0.15) is 42.9 Å². The maximum absolute atomic E-state index is 12.8. The van der Waals surface area contributed by atoms with Crippen molar-refractivity contribution in [2.45, 2.75) is 13.8 Å². The number of ether oxygens (including phenoxy) is 1. The average Bonchev–Trinajstić information content (AvgIpc) is 3.04. The van der Waals surface area contributed by atoms with Gasteiger partial charge in [-0.05, 0) is 25.5 Å². The topological polar surface area (TPSA) is 95.5 Å². The SMILES string of the molecule is CCOC(=O)c1c(NC(=O)c2ccccc2C(=O)[O-])sc(C)c1-c1ccccc1. The van der Waals surface area contributed by atoms with Gasteiger partial charge in [0.05, 0.1) is 12.6 Å². The third-order valence-electron chi connectivity index (χ3n) is 4.24. The second-order valence-electron chi connectivity index (χ2n) is 6.11. The lowest BCUT2D eigenvalue weighted by molar-refractivity contribution is -0.255. The second kappa shape index (κ2) is 8.70. The number of carbonyl (C=O) groups is 3. The molecule has 0 radical (unpaired) electrons. The summed E-state index contributed by atoms with van der Waals surface area (Å²) in [5.74, 6) is -2.65. The number of hydrogen-bond donors (Lipinski definition) is 1. The van der Waals surface area contributed by atoms with E-state index in [-0.39, 0.29) is 23.3 Å². The van der Waals surface area contributed by atoms with Crippen LogP contribution in [0.3, 0.4) is 0 Å². The molecule has 0 aliphatic heterocycles. The summed E-state index contributed by atoms with van der Waals surface area (Å²) < 4.78 is 5.21. The van der Waals surface area contributed by atoms with Gasteiger partial charge in [-0.15, -0.1) is 11.3 Å². The molecule has 3 rings (SSSR count). The first kappa shape index (κ1) is 20.3. The fourth-order valence-corrected chi connectivity index (χ4v) is 4.07. The van der Waals surface area contributed by atoms with Gasteiger partial charge in [-0.3, -0.25) is 4.79 Å². The molecule has 29 heavy (non-hydrogen) atoms. The highest BCUT2D eigenvalue weighted by Crippen LogP contribution is 2.40. The van der Waals surface area contributed by atoms with Crippen LogP contribution in [0.25, 0.3) is 11.1 Å². The highest BCUT2D eigenvalue weighted by Gasteiger charge is 2.26. The monoisotopic (exact) mass is 408 g/mol. The quantitative estimate of drug-likeness (QED) is 0.630. The molecule has 0 aliphatic rings. The highest BCUT2D eigenvalue weighted by atomic mass is 32.1. The maximum atomic E-state index is 12.8. The molecule has 1 N–H and O–H groups in total. The number of aryl methyl sites for hydroxylation is 1. The molecular weight excluding hydrogens is 390 g/mol. The van der Waals surface area contributed by atoms with Gasteiger partial charge in [-0.1, -0.05) is 48.5 Å². The van der Waals surface area contributed by atoms with Gasteiger partial charge < -0.3 is 20.0 Å². The minimum atomic E-state index is -1.45. The summed E-state index contributed by atoms with van der Waals surface area (Å²) in [7, 11) is 0. The number of benzene rings is 2. The summed E-state index contributed by atoms with van der Waals surface area (Å²) in [6, 6.07) is 15.1. The highest BCUT2D eigenvalue weighted by molar-refractivity contribution is 7.17. The van der Waals surface area contributed by atoms with Gasteiger partial charge in [0.2, 0.25) is 0 Å². The largest absolute Gasteiger partial charge is 0.545 e. The van der Waals surface area contributed by atoms with E-state index in [1.807, 2.05) is 37.3 Å². The summed E-state index contributed by atoms with van der Waals surface area (Å²) >= 11 is 1.23. The third-order valence-corrected chi connectivity index (χ3v) is 5.27. The first-order valence-corrected chi connectivity index (χ1v) is 9.73. The van der Waals surface area contributed by atoms with Crippen molar-refractivity contribution in [1.29, 1.82) is 0 Å². The number of rotatable bonds is 6. The van der Waals surface area contributed by atoms with Crippen LogP contribution in [0.5, 0.6) is 0 Å². The van der Waals surface area contributed by atoms with Gasteiger partial charge in [-0.2, -0.15) is 0 Å². The Morgan fingerprint density at radius 1 is 1.00 bits per heavy atom. The van der Waals surface area contributed by atoms with Gasteiger partial charge >= 0.3 is 5.97 Å². The van der Waals surface area contributed by atoms with E-state index >= 15 is 0 Å². The van der Waals surface area contributed by atoms with Crippen LogP contribution >= 0.6 is 11.3 Å². The van der Waals surface area contributed by atoms with E-state index in [4.69, 9.17) is 4.74 Å². The molecule has 1 amide bonds. The predicted molar refractivity (Wildman–Crippen MR) is 109 cm³/mol. The molecule has 148 valence electrons. The molecule has 6 nitrogen and oxygen atoms in total. The van der Waals surface area contributed by atoms with Crippen molar-refractivity contribution >= 4 is 34.2 Å². The lowest BCUT2D eigenvalue weighted by Gasteiger charge is -2.11. The van der Waals surface area contributed by atoms with E-state index in [9.17, 15) is 19.5 Å². The van der Waals surface area contributed by atoms with Crippen LogP contribution in [0.4, 0.5) is 5.00 Å². The van der Waals surface area contributed by atoms with Crippen molar-refractivity contribution in [3.05, 3.63) is 76.2 Å². The van der Waals surface area contributed by atoms with Crippen LogP contribution in [-0.2, 0) is 4.74 Å². The molecule has 0 aliphatic carbocycles. The molecule has 3 aromatic rings. The minimum absolute atomic E-state index is 0.0466. The number of nitrogens with one attached hydrogen (secondary N) is 1. The van der Waals surface area contributed by atoms with E-state index in [1.54, 1.807) is 13.0 Å². The molecule has 2 aromatic carbocycles. The standard InChI is InChI=1S/C22H19NO5S/c1-3-28-22(27)18-17(14-9-5-4-6-10-14)13(2)29-20(18)23-19(24)15-11-7-8-12-16(15)21(25)26/h4-12H,3H2,1-2H3,(H,23,24)(H,25,26)/p-1. The van der Waals surface area contributed by atoms with E-state index < -0.39 is 17.8 Å². The molecule has 0 spiro atoms. The molecule has 1 heterocycles. The predicted octanol–water partition coefficient (Wildman–Crippen LogP) is 3.52. The zero-order valence-electron chi connectivity index (χ0n) is 15.9. The summed E-state index contributed by atoms with van der Waals surface area (Å²) in [5, 5.41) is 14.3. The third kappa shape index (κ3) is 4.20. The molecule has 0 saturated heterocycles. The Hall–Kier alpha value is -3.45. The number of anilines is 1. The van der Waals surface area contributed by atoms with Crippen molar-refractivity contribution in [1.82, 2.24) is 0 Å². The minimum Gasteiger partial charge on any atom is -0.545 e. The number of aromatic carboxylic acids is 1.